The molecule has 4 rings (SSSR count). The average Bonchev–Trinajstić information content (AvgIpc) is 2.80. The number of fused-ring (bicyclic) bond motifs is 1. The molecule has 4 nitrogen and oxygen atoms in total. The van der Waals surface area contributed by atoms with Crippen LogP contribution in [0.25, 0.3) is 11.3 Å². The highest BCUT2D eigenvalue weighted by molar-refractivity contribution is 8.03. The molecule has 3 aromatic rings. The summed E-state index contributed by atoms with van der Waals surface area (Å²) >= 11 is 3.04. The Morgan fingerprint density at radius 1 is 1.06 bits per heavy atom. The maximum absolute atomic E-state index is 13.4. The summed E-state index contributed by atoms with van der Waals surface area (Å²) in [5.41, 5.74) is 1.91. The topological polar surface area (TPSA) is 56.5 Å². The summed E-state index contributed by atoms with van der Waals surface area (Å²) in [5.74, 6) is 8.28. The fourth-order valence-electron chi connectivity index (χ4n) is 3.39. The first-order chi connectivity index (χ1) is 15.7. The van der Waals surface area contributed by atoms with Gasteiger partial charge >= 0.3 is 5.97 Å². The zero-order chi connectivity index (χ0) is 22.3. The quantitative estimate of drug-likeness (QED) is 0.379. The van der Waals surface area contributed by atoms with Crippen molar-refractivity contribution in [3.8, 4) is 23.2 Å². The van der Waals surface area contributed by atoms with Crippen LogP contribution in [0.5, 0.6) is 0 Å². The Morgan fingerprint density at radius 2 is 1.75 bits per heavy atom. The van der Waals surface area contributed by atoms with Crippen LogP contribution >= 0.6 is 23.5 Å². The fourth-order valence-corrected chi connectivity index (χ4v) is 5.70. The molecule has 0 saturated carbocycles. The normalized spacial score (nSPS) is 17.8. The van der Waals surface area contributed by atoms with Crippen molar-refractivity contribution in [1.29, 1.82) is 0 Å². The molecular weight excluding hydrogens is 440 g/mol. The third-order valence-electron chi connectivity index (χ3n) is 4.85. The second-order valence-corrected chi connectivity index (χ2v) is 9.43. The van der Waals surface area contributed by atoms with Crippen molar-refractivity contribution in [3.63, 3.8) is 0 Å². The van der Waals surface area contributed by atoms with Gasteiger partial charge in [-0.15, -0.1) is 23.5 Å². The lowest BCUT2D eigenvalue weighted by atomic mass is 10.0. The van der Waals surface area contributed by atoms with Crippen LogP contribution in [0.4, 0.5) is 0 Å². The van der Waals surface area contributed by atoms with Crippen molar-refractivity contribution in [3.05, 3.63) is 93.8 Å². The predicted molar refractivity (Wildman–Crippen MR) is 131 cm³/mol. The molecule has 162 valence electrons. The summed E-state index contributed by atoms with van der Waals surface area (Å²) in [7, 11) is 0. The van der Waals surface area contributed by atoms with Gasteiger partial charge in [-0.1, -0.05) is 60.4 Å². The highest BCUT2D eigenvalue weighted by atomic mass is 32.2. The van der Waals surface area contributed by atoms with Crippen LogP contribution in [0.15, 0.2) is 75.9 Å². The first-order valence-electron chi connectivity index (χ1n) is 10.4. The molecule has 0 bridgehead atoms. The van der Waals surface area contributed by atoms with Gasteiger partial charge in [-0.25, -0.2) is 0 Å². The number of rotatable bonds is 3. The maximum Gasteiger partial charge on any atom is 0.326 e. The number of carbonyl (C=O) groups is 1. The number of benzene rings is 2. The minimum atomic E-state index is -0.705. The summed E-state index contributed by atoms with van der Waals surface area (Å²) < 4.78 is 11.6. The number of carbonyl (C=O) groups excluding carboxylic acids is 1. The van der Waals surface area contributed by atoms with Crippen LogP contribution in [0.1, 0.15) is 34.3 Å². The third kappa shape index (κ3) is 5.12. The summed E-state index contributed by atoms with van der Waals surface area (Å²) in [6.45, 7) is 2.03. The second kappa shape index (κ2) is 10.6. The van der Waals surface area contributed by atoms with Crippen molar-refractivity contribution in [2.75, 3.05) is 18.1 Å². The van der Waals surface area contributed by atoms with Crippen LogP contribution in [-0.4, -0.2) is 24.1 Å². The Kier molecular flexibility index (Phi) is 7.41. The first-order valence-corrected chi connectivity index (χ1v) is 12.5. The molecular formula is C26H22O4S2. The molecule has 6 heteroatoms. The van der Waals surface area contributed by atoms with Gasteiger partial charge in [0.25, 0.3) is 0 Å². The summed E-state index contributed by atoms with van der Waals surface area (Å²) in [5, 5.41) is -1.10. The third-order valence-corrected chi connectivity index (χ3v) is 7.41. The maximum atomic E-state index is 13.4. The van der Waals surface area contributed by atoms with Crippen LogP contribution in [0, 0.1) is 11.8 Å². The minimum absolute atomic E-state index is 0.179. The number of thioether (sulfide) groups is 2. The molecule has 0 saturated heterocycles. The number of hydrogen-bond donors (Lipinski definition) is 0. The molecule has 0 amide bonds. The van der Waals surface area contributed by atoms with Gasteiger partial charge in [0.1, 0.15) is 11.5 Å². The SMILES string of the molecule is CCOC(=O)[C@@H]1SCCS[C@@H](C#Cc2ccccc2)c2c1oc(-c1ccccc1)cc2=O. The molecule has 32 heavy (non-hydrogen) atoms. The van der Waals surface area contributed by atoms with Crippen molar-refractivity contribution >= 4 is 29.5 Å². The standard InChI is InChI=1S/C26H22O4S2/c1-2-29-26(28)25-24-23(20(27)17-21(30-24)19-11-7-4-8-12-19)22(31-15-16-32-25)14-13-18-9-5-3-6-10-18/h3-12,17,22,25H,2,15-16H2,1H3/t22-,25+/m0/s1. The molecule has 2 aromatic carbocycles. The Labute approximate surface area is 195 Å². The molecule has 1 aliphatic rings. The van der Waals surface area contributed by atoms with E-state index in [9.17, 15) is 9.59 Å². The van der Waals surface area contributed by atoms with Gasteiger partial charge in [-0.3, -0.25) is 9.59 Å². The average molecular weight is 463 g/mol. The van der Waals surface area contributed by atoms with Crippen molar-refractivity contribution in [1.82, 2.24) is 0 Å². The highest BCUT2D eigenvalue weighted by Gasteiger charge is 2.34. The Bertz CT molecular complexity index is 1190. The van der Waals surface area contributed by atoms with E-state index in [1.165, 1.54) is 17.8 Å². The van der Waals surface area contributed by atoms with E-state index >= 15 is 0 Å². The number of ether oxygens (including phenoxy) is 1. The van der Waals surface area contributed by atoms with Gasteiger partial charge in [-0.05, 0) is 19.1 Å². The van der Waals surface area contributed by atoms with E-state index in [-0.39, 0.29) is 12.0 Å². The zero-order valence-corrected chi connectivity index (χ0v) is 19.2. The van der Waals surface area contributed by atoms with Crippen molar-refractivity contribution < 1.29 is 13.9 Å². The van der Waals surface area contributed by atoms with E-state index in [2.05, 4.69) is 11.8 Å². The fraction of sp³-hybridized carbons (Fsp3) is 0.231. The van der Waals surface area contributed by atoms with E-state index < -0.39 is 16.5 Å². The van der Waals surface area contributed by atoms with E-state index in [1.54, 1.807) is 18.7 Å². The summed E-state index contributed by atoms with van der Waals surface area (Å²) in [6.07, 6.45) is 0. The van der Waals surface area contributed by atoms with E-state index in [4.69, 9.17) is 9.15 Å². The molecule has 0 fully saturated rings. The van der Waals surface area contributed by atoms with Gasteiger partial charge in [0.05, 0.1) is 17.4 Å². The van der Waals surface area contributed by atoms with Gasteiger partial charge in [-0.2, -0.15) is 0 Å². The molecule has 2 atom stereocenters. The molecule has 0 unspecified atom stereocenters. The van der Waals surface area contributed by atoms with Gasteiger partial charge in [0, 0.05) is 28.7 Å². The van der Waals surface area contributed by atoms with Crippen molar-refractivity contribution in [2.24, 2.45) is 0 Å². The largest absolute Gasteiger partial charge is 0.465 e. The smallest absolute Gasteiger partial charge is 0.326 e. The Balaban J connectivity index is 1.86. The predicted octanol–water partition coefficient (Wildman–Crippen LogP) is 5.48. The van der Waals surface area contributed by atoms with Crippen LogP contribution in [0.3, 0.4) is 0 Å². The molecule has 0 spiro atoms. The molecule has 2 heterocycles. The number of hydrogen-bond acceptors (Lipinski definition) is 6. The lowest BCUT2D eigenvalue weighted by Crippen LogP contribution is -2.23. The van der Waals surface area contributed by atoms with E-state index in [0.717, 1.165) is 22.6 Å². The Morgan fingerprint density at radius 3 is 2.47 bits per heavy atom. The van der Waals surface area contributed by atoms with Crippen LogP contribution < -0.4 is 5.43 Å². The van der Waals surface area contributed by atoms with Crippen LogP contribution in [0.2, 0.25) is 0 Å². The molecule has 1 aliphatic heterocycles. The van der Waals surface area contributed by atoms with E-state index in [0.29, 0.717) is 17.1 Å². The zero-order valence-electron chi connectivity index (χ0n) is 17.6. The monoisotopic (exact) mass is 462 g/mol. The Hall–Kier alpha value is -2.88. The van der Waals surface area contributed by atoms with Gasteiger partial charge in [0.2, 0.25) is 0 Å². The van der Waals surface area contributed by atoms with Gasteiger partial charge in [0.15, 0.2) is 10.7 Å². The van der Waals surface area contributed by atoms with E-state index in [1.807, 2.05) is 60.7 Å². The highest BCUT2D eigenvalue weighted by Crippen LogP contribution is 2.42. The van der Waals surface area contributed by atoms with Crippen molar-refractivity contribution in [2.45, 2.75) is 17.4 Å². The minimum Gasteiger partial charge on any atom is -0.465 e. The summed E-state index contributed by atoms with van der Waals surface area (Å²) in [6, 6.07) is 20.6. The second-order valence-electron chi connectivity index (χ2n) is 7.01. The lowest BCUT2D eigenvalue weighted by molar-refractivity contribution is -0.142. The lowest BCUT2D eigenvalue weighted by Gasteiger charge is -2.23. The van der Waals surface area contributed by atoms with Gasteiger partial charge < -0.3 is 9.15 Å². The number of esters is 1. The molecule has 1 aromatic heterocycles. The molecule has 0 aliphatic carbocycles. The first kappa shape index (κ1) is 22.3. The molecule has 0 N–H and O–H groups in total. The van der Waals surface area contributed by atoms with Crippen LogP contribution in [-0.2, 0) is 9.53 Å². The summed E-state index contributed by atoms with van der Waals surface area (Å²) in [4.78, 5) is 26.2. The molecule has 0 radical (unpaired) electrons.